The van der Waals surface area contributed by atoms with Crippen molar-refractivity contribution in [3.05, 3.63) is 52.3 Å². The Labute approximate surface area is 122 Å². The lowest BCUT2D eigenvalue weighted by molar-refractivity contribution is 1.03. The number of thiophene rings is 1. The summed E-state index contributed by atoms with van der Waals surface area (Å²) in [5.74, 6) is 0. The molecule has 0 spiro atoms. The molecule has 3 nitrogen and oxygen atoms in total. The number of aromatic nitrogens is 1. The van der Waals surface area contributed by atoms with Gasteiger partial charge in [-0.1, -0.05) is 0 Å². The van der Waals surface area contributed by atoms with E-state index in [1.807, 2.05) is 25.1 Å². The van der Waals surface area contributed by atoms with Gasteiger partial charge in [0.05, 0.1) is 5.52 Å². The van der Waals surface area contributed by atoms with E-state index in [-0.39, 0.29) is 0 Å². The third-order valence-electron chi connectivity index (χ3n) is 3.27. The second-order valence-corrected chi connectivity index (χ2v) is 5.68. The van der Waals surface area contributed by atoms with Crippen molar-refractivity contribution >= 4 is 33.6 Å². The molecule has 0 radical (unpaired) electrons. The Balaban J connectivity index is 1.84. The molecule has 0 fully saturated rings. The molecule has 0 bridgehead atoms. The quantitative estimate of drug-likeness (QED) is 0.715. The molecule has 0 aliphatic rings. The first-order valence-electron chi connectivity index (χ1n) is 6.64. The maximum Gasteiger partial charge on any atom is 0.0727 e. The Morgan fingerprint density at radius 2 is 2.15 bits per heavy atom. The average molecular weight is 283 g/mol. The lowest BCUT2D eigenvalue weighted by atomic mass is 10.1. The highest BCUT2D eigenvalue weighted by Crippen LogP contribution is 2.25. The maximum absolute atomic E-state index is 5.88. The lowest BCUT2D eigenvalue weighted by Crippen LogP contribution is -2.05. The minimum Gasteiger partial charge on any atom is -0.399 e. The molecule has 2 heterocycles. The van der Waals surface area contributed by atoms with Gasteiger partial charge < -0.3 is 11.1 Å². The molecule has 2 aromatic heterocycles. The molecule has 3 rings (SSSR count). The smallest absolute Gasteiger partial charge is 0.0727 e. The van der Waals surface area contributed by atoms with Gasteiger partial charge in [0.15, 0.2) is 0 Å². The van der Waals surface area contributed by atoms with Crippen molar-refractivity contribution in [3.63, 3.8) is 0 Å². The Bertz CT molecular complexity index is 720. The molecule has 0 aliphatic carbocycles. The Morgan fingerprint density at radius 3 is 2.95 bits per heavy atom. The number of anilines is 2. The number of benzene rings is 1. The molecule has 1 aromatic carbocycles. The average Bonchev–Trinajstić information content (AvgIpc) is 2.92. The minimum absolute atomic E-state index is 0.768. The van der Waals surface area contributed by atoms with Gasteiger partial charge in [0.25, 0.3) is 0 Å². The third-order valence-corrected chi connectivity index (χ3v) is 4.00. The zero-order valence-electron chi connectivity index (χ0n) is 11.4. The van der Waals surface area contributed by atoms with E-state index in [2.05, 4.69) is 33.2 Å². The number of fused-ring (bicyclic) bond motifs is 1. The second-order valence-electron chi connectivity index (χ2n) is 4.90. The number of hydrogen-bond acceptors (Lipinski definition) is 4. The fourth-order valence-electron chi connectivity index (χ4n) is 2.30. The molecule has 3 aromatic rings. The van der Waals surface area contributed by atoms with Crippen molar-refractivity contribution in [1.82, 2.24) is 4.98 Å². The van der Waals surface area contributed by atoms with Crippen LogP contribution in [-0.4, -0.2) is 11.5 Å². The summed E-state index contributed by atoms with van der Waals surface area (Å²) in [5, 5.41) is 8.89. The number of nitrogens with two attached hydrogens (primary N) is 1. The summed E-state index contributed by atoms with van der Waals surface area (Å²) in [6.45, 7) is 2.92. The van der Waals surface area contributed by atoms with Gasteiger partial charge in [0.1, 0.15) is 0 Å². The molecule has 4 heteroatoms. The molecular weight excluding hydrogens is 266 g/mol. The highest BCUT2D eigenvalue weighted by molar-refractivity contribution is 7.07. The van der Waals surface area contributed by atoms with Crippen molar-refractivity contribution in [2.24, 2.45) is 0 Å². The summed E-state index contributed by atoms with van der Waals surface area (Å²) in [5.41, 5.74) is 11.1. The number of aryl methyl sites for hydroxylation is 1. The molecular formula is C16H17N3S. The predicted octanol–water partition coefficient (Wildman–Crippen LogP) is 3.84. The van der Waals surface area contributed by atoms with Crippen LogP contribution in [0.25, 0.3) is 10.9 Å². The van der Waals surface area contributed by atoms with Gasteiger partial charge in [-0.05, 0) is 60.0 Å². The number of nitrogens with one attached hydrogen (secondary N) is 1. The number of rotatable bonds is 4. The Kier molecular flexibility index (Phi) is 3.56. The number of nitrogens with zero attached hydrogens (tertiary/aromatic N) is 1. The van der Waals surface area contributed by atoms with Gasteiger partial charge >= 0.3 is 0 Å². The van der Waals surface area contributed by atoms with Crippen LogP contribution < -0.4 is 11.1 Å². The summed E-state index contributed by atoms with van der Waals surface area (Å²) in [6, 6.07) is 10.1. The van der Waals surface area contributed by atoms with E-state index in [0.29, 0.717) is 0 Å². The van der Waals surface area contributed by atoms with Gasteiger partial charge in [-0.25, -0.2) is 0 Å². The molecule has 0 unspecified atom stereocenters. The fraction of sp³-hybridized carbons (Fsp3) is 0.188. The van der Waals surface area contributed by atoms with E-state index in [1.165, 1.54) is 5.56 Å². The van der Waals surface area contributed by atoms with Crippen molar-refractivity contribution < 1.29 is 0 Å². The van der Waals surface area contributed by atoms with Crippen LogP contribution in [0, 0.1) is 6.92 Å². The number of nitrogen functional groups attached to an aromatic ring is 1. The van der Waals surface area contributed by atoms with Crippen molar-refractivity contribution in [3.8, 4) is 0 Å². The number of pyridine rings is 1. The predicted molar refractivity (Wildman–Crippen MR) is 87.4 cm³/mol. The van der Waals surface area contributed by atoms with Crippen LogP contribution in [0.4, 0.5) is 11.4 Å². The first-order chi connectivity index (χ1) is 9.72. The number of hydrogen-bond donors (Lipinski definition) is 2. The van der Waals surface area contributed by atoms with Crippen LogP contribution in [0.1, 0.15) is 11.3 Å². The summed E-state index contributed by atoms with van der Waals surface area (Å²) in [6.07, 6.45) is 1.02. The Morgan fingerprint density at radius 1 is 1.25 bits per heavy atom. The van der Waals surface area contributed by atoms with Gasteiger partial charge in [-0.3, -0.25) is 4.98 Å². The molecule has 0 saturated heterocycles. The molecule has 0 amide bonds. The van der Waals surface area contributed by atoms with Crippen molar-refractivity contribution in [1.29, 1.82) is 0 Å². The zero-order chi connectivity index (χ0) is 13.9. The minimum atomic E-state index is 0.768. The largest absolute Gasteiger partial charge is 0.399 e. The van der Waals surface area contributed by atoms with E-state index in [4.69, 9.17) is 5.73 Å². The third kappa shape index (κ3) is 2.75. The van der Waals surface area contributed by atoms with Crippen LogP contribution in [0.2, 0.25) is 0 Å². The SMILES string of the molecule is Cc1cc(NCCc2ccsc2)c2cc(N)ccc2n1. The topological polar surface area (TPSA) is 50.9 Å². The van der Waals surface area contributed by atoms with E-state index in [9.17, 15) is 0 Å². The standard InChI is InChI=1S/C16H17N3S/c1-11-8-16(18-6-4-12-5-7-20-10-12)14-9-13(17)2-3-15(14)19-11/h2-3,5,7-10H,4,6,17H2,1H3,(H,18,19). The molecule has 0 aliphatic heterocycles. The Hall–Kier alpha value is -2.07. The highest BCUT2D eigenvalue weighted by atomic mass is 32.1. The zero-order valence-corrected chi connectivity index (χ0v) is 12.2. The lowest BCUT2D eigenvalue weighted by Gasteiger charge is -2.11. The normalized spacial score (nSPS) is 10.8. The molecule has 20 heavy (non-hydrogen) atoms. The summed E-state index contributed by atoms with van der Waals surface area (Å²) in [7, 11) is 0. The first kappa shape index (κ1) is 12.9. The molecule has 3 N–H and O–H groups in total. The van der Waals surface area contributed by atoms with Crippen LogP contribution in [-0.2, 0) is 6.42 Å². The van der Waals surface area contributed by atoms with Gasteiger partial charge in [0, 0.05) is 29.0 Å². The van der Waals surface area contributed by atoms with Gasteiger partial charge in [0.2, 0.25) is 0 Å². The van der Waals surface area contributed by atoms with E-state index < -0.39 is 0 Å². The highest BCUT2D eigenvalue weighted by Gasteiger charge is 2.04. The fourth-order valence-corrected chi connectivity index (χ4v) is 3.00. The van der Waals surface area contributed by atoms with Gasteiger partial charge in [-0.15, -0.1) is 0 Å². The van der Waals surface area contributed by atoms with Crippen molar-refractivity contribution in [2.75, 3.05) is 17.6 Å². The van der Waals surface area contributed by atoms with E-state index in [0.717, 1.165) is 40.9 Å². The molecule has 102 valence electrons. The van der Waals surface area contributed by atoms with Crippen LogP contribution in [0.5, 0.6) is 0 Å². The summed E-state index contributed by atoms with van der Waals surface area (Å²) < 4.78 is 0. The van der Waals surface area contributed by atoms with Crippen LogP contribution in [0.15, 0.2) is 41.1 Å². The maximum atomic E-state index is 5.88. The first-order valence-corrected chi connectivity index (χ1v) is 7.58. The van der Waals surface area contributed by atoms with Crippen molar-refractivity contribution in [2.45, 2.75) is 13.3 Å². The van der Waals surface area contributed by atoms with Crippen LogP contribution >= 0.6 is 11.3 Å². The van der Waals surface area contributed by atoms with E-state index >= 15 is 0 Å². The molecule has 0 saturated carbocycles. The van der Waals surface area contributed by atoms with E-state index in [1.54, 1.807) is 11.3 Å². The second kappa shape index (κ2) is 5.51. The summed E-state index contributed by atoms with van der Waals surface area (Å²) >= 11 is 1.74. The monoisotopic (exact) mass is 283 g/mol. The summed E-state index contributed by atoms with van der Waals surface area (Å²) in [4.78, 5) is 4.54. The van der Waals surface area contributed by atoms with Gasteiger partial charge in [-0.2, -0.15) is 11.3 Å². The van der Waals surface area contributed by atoms with Crippen LogP contribution in [0.3, 0.4) is 0 Å². The molecule has 0 atom stereocenters.